The summed E-state index contributed by atoms with van der Waals surface area (Å²) >= 11 is 3.49. The van der Waals surface area contributed by atoms with Crippen molar-refractivity contribution in [3.05, 3.63) is 28.5 Å². The zero-order valence-electron chi connectivity index (χ0n) is 11.3. The second kappa shape index (κ2) is 6.33. The van der Waals surface area contributed by atoms with Gasteiger partial charge < -0.3 is 5.32 Å². The van der Waals surface area contributed by atoms with E-state index in [1.54, 1.807) is 0 Å². The Morgan fingerprint density at radius 2 is 1.95 bits per heavy atom. The van der Waals surface area contributed by atoms with E-state index in [1.807, 2.05) is 6.20 Å². The molecular weight excluding hydrogens is 302 g/mol. The Labute approximate surface area is 123 Å². The third kappa shape index (κ3) is 3.18. The number of nitrogens with one attached hydrogen (secondary N) is 1. The van der Waals surface area contributed by atoms with E-state index in [0.717, 1.165) is 36.6 Å². The van der Waals surface area contributed by atoms with Crippen LogP contribution in [0.5, 0.6) is 0 Å². The lowest BCUT2D eigenvalue weighted by Gasteiger charge is -2.38. The Morgan fingerprint density at radius 3 is 2.58 bits per heavy atom. The van der Waals surface area contributed by atoms with E-state index in [2.05, 4.69) is 43.3 Å². The monoisotopic (exact) mass is 323 g/mol. The van der Waals surface area contributed by atoms with Gasteiger partial charge in [0.1, 0.15) is 0 Å². The van der Waals surface area contributed by atoms with Crippen LogP contribution in [0, 0.1) is 5.92 Å². The van der Waals surface area contributed by atoms with E-state index in [4.69, 9.17) is 0 Å². The van der Waals surface area contributed by atoms with Gasteiger partial charge in [0.2, 0.25) is 0 Å². The van der Waals surface area contributed by atoms with Gasteiger partial charge in [-0.1, -0.05) is 12.8 Å². The van der Waals surface area contributed by atoms with Crippen molar-refractivity contribution in [3.63, 3.8) is 0 Å². The maximum Gasteiger partial charge on any atom is 0.0579 e. The molecule has 1 saturated heterocycles. The summed E-state index contributed by atoms with van der Waals surface area (Å²) in [5, 5.41) is 3.45. The summed E-state index contributed by atoms with van der Waals surface area (Å²) in [7, 11) is 0. The fraction of sp³-hybridized carbons (Fsp3) is 0.667. The molecule has 1 aromatic heterocycles. The molecule has 4 heteroatoms. The highest BCUT2D eigenvalue weighted by atomic mass is 79.9. The minimum Gasteiger partial charge on any atom is -0.314 e. The number of nitrogens with zero attached hydrogens (tertiary/aromatic N) is 2. The van der Waals surface area contributed by atoms with Crippen LogP contribution in [0.2, 0.25) is 0 Å². The predicted octanol–water partition coefficient (Wildman–Crippen LogP) is 2.98. The third-order valence-corrected chi connectivity index (χ3v) is 4.91. The highest BCUT2D eigenvalue weighted by Gasteiger charge is 2.32. The maximum atomic E-state index is 4.69. The van der Waals surface area contributed by atoms with Crippen LogP contribution in [0.3, 0.4) is 0 Å². The molecule has 2 heterocycles. The van der Waals surface area contributed by atoms with Crippen LogP contribution < -0.4 is 5.32 Å². The molecule has 0 aromatic carbocycles. The molecule has 1 aliphatic heterocycles. The van der Waals surface area contributed by atoms with Crippen LogP contribution in [-0.4, -0.2) is 36.1 Å². The van der Waals surface area contributed by atoms with Crippen molar-refractivity contribution in [2.75, 3.05) is 26.2 Å². The second-order valence-electron chi connectivity index (χ2n) is 5.68. The van der Waals surface area contributed by atoms with Crippen LogP contribution in [0.25, 0.3) is 0 Å². The van der Waals surface area contributed by atoms with Crippen molar-refractivity contribution in [1.82, 2.24) is 15.2 Å². The van der Waals surface area contributed by atoms with Gasteiger partial charge in [0.25, 0.3) is 0 Å². The molecule has 1 aromatic rings. The van der Waals surface area contributed by atoms with Crippen molar-refractivity contribution in [2.24, 2.45) is 5.92 Å². The first kappa shape index (κ1) is 13.5. The summed E-state index contributed by atoms with van der Waals surface area (Å²) in [5.74, 6) is 0.798. The molecule has 0 amide bonds. The fourth-order valence-corrected chi connectivity index (χ4v) is 3.76. The first-order chi connectivity index (χ1) is 9.34. The Kier molecular flexibility index (Phi) is 4.51. The van der Waals surface area contributed by atoms with Gasteiger partial charge >= 0.3 is 0 Å². The highest BCUT2D eigenvalue weighted by molar-refractivity contribution is 9.10. The van der Waals surface area contributed by atoms with Crippen molar-refractivity contribution in [1.29, 1.82) is 0 Å². The highest BCUT2D eigenvalue weighted by Crippen LogP contribution is 2.39. The smallest absolute Gasteiger partial charge is 0.0579 e. The molecule has 3 nitrogen and oxygen atoms in total. The van der Waals surface area contributed by atoms with Gasteiger partial charge in [0.05, 0.1) is 11.7 Å². The van der Waals surface area contributed by atoms with E-state index in [1.165, 1.54) is 31.4 Å². The standard InChI is InChI=1S/C15H22BrN3/c16-13-5-6-14(18-11-13)15(12-3-1-2-4-12)19-9-7-17-8-10-19/h5-6,11-12,15,17H,1-4,7-10H2/t15-/m0/s1. The average Bonchev–Trinajstić information content (AvgIpc) is 2.96. The molecule has 0 unspecified atom stereocenters. The fourth-order valence-electron chi connectivity index (χ4n) is 3.52. The quantitative estimate of drug-likeness (QED) is 0.926. The van der Waals surface area contributed by atoms with Gasteiger partial charge in [-0.25, -0.2) is 0 Å². The molecule has 3 rings (SSSR count). The molecule has 1 saturated carbocycles. The summed E-state index contributed by atoms with van der Waals surface area (Å²) in [5.41, 5.74) is 1.26. The summed E-state index contributed by atoms with van der Waals surface area (Å²) in [4.78, 5) is 7.33. The molecule has 1 N–H and O–H groups in total. The lowest BCUT2D eigenvalue weighted by molar-refractivity contribution is 0.122. The molecule has 0 bridgehead atoms. The molecule has 0 spiro atoms. The molecule has 1 atom stereocenters. The van der Waals surface area contributed by atoms with E-state index >= 15 is 0 Å². The molecule has 19 heavy (non-hydrogen) atoms. The summed E-state index contributed by atoms with van der Waals surface area (Å²) < 4.78 is 1.07. The Morgan fingerprint density at radius 1 is 1.21 bits per heavy atom. The molecular formula is C15H22BrN3. The number of piperazine rings is 1. The van der Waals surface area contributed by atoms with Crippen molar-refractivity contribution in [2.45, 2.75) is 31.7 Å². The van der Waals surface area contributed by atoms with Crippen LogP contribution >= 0.6 is 15.9 Å². The van der Waals surface area contributed by atoms with E-state index in [-0.39, 0.29) is 0 Å². The summed E-state index contributed by atoms with van der Waals surface area (Å²) in [6.45, 7) is 4.53. The zero-order valence-corrected chi connectivity index (χ0v) is 12.9. The SMILES string of the molecule is Brc1ccc([C@H](C2CCCC2)N2CCNCC2)nc1. The predicted molar refractivity (Wildman–Crippen MR) is 81.1 cm³/mol. The first-order valence-electron chi connectivity index (χ1n) is 7.41. The molecule has 2 fully saturated rings. The third-order valence-electron chi connectivity index (χ3n) is 4.44. The van der Waals surface area contributed by atoms with Gasteiger partial charge in [-0.05, 0) is 46.8 Å². The molecule has 0 radical (unpaired) electrons. The molecule has 104 valence electrons. The van der Waals surface area contributed by atoms with E-state index in [0.29, 0.717) is 6.04 Å². The van der Waals surface area contributed by atoms with E-state index in [9.17, 15) is 0 Å². The van der Waals surface area contributed by atoms with Gasteiger partial charge in [-0.2, -0.15) is 0 Å². The van der Waals surface area contributed by atoms with Crippen LogP contribution in [0.4, 0.5) is 0 Å². The first-order valence-corrected chi connectivity index (χ1v) is 8.20. The van der Waals surface area contributed by atoms with Crippen molar-refractivity contribution < 1.29 is 0 Å². The maximum absolute atomic E-state index is 4.69. The van der Waals surface area contributed by atoms with Gasteiger partial charge in [-0.15, -0.1) is 0 Å². The Balaban J connectivity index is 1.83. The van der Waals surface area contributed by atoms with Gasteiger partial charge in [0, 0.05) is 36.8 Å². The summed E-state index contributed by atoms with van der Waals surface area (Å²) in [6, 6.07) is 4.86. The number of aromatic nitrogens is 1. The number of hydrogen-bond donors (Lipinski definition) is 1. The average molecular weight is 324 g/mol. The van der Waals surface area contributed by atoms with Crippen molar-refractivity contribution >= 4 is 15.9 Å². The van der Waals surface area contributed by atoms with Crippen molar-refractivity contribution in [3.8, 4) is 0 Å². The van der Waals surface area contributed by atoms with E-state index < -0.39 is 0 Å². The molecule has 1 aliphatic carbocycles. The lowest BCUT2D eigenvalue weighted by Crippen LogP contribution is -2.46. The number of halogens is 1. The minimum atomic E-state index is 0.526. The van der Waals surface area contributed by atoms with Gasteiger partial charge in [0.15, 0.2) is 0 Å². The molecule has 2 aliphatic rings. The zero-order chi connectivity index (χ0) is 13.1. The van der Waals surface area contributed by atoms with Crippen LogP contribution in [0.15, 0.2) is 22.8 Å². The Bertz CT molecular complexity index is 394. The van der Waals surface area contributed by atoms with Crippen LogP contribution in [0.1, 0.15) is 37.4 Å². The van der Waals surface area contributed by atoms with Gasteiger partial charge in [-0.3, -0.25) is 9.88 Å². The Hall–Kier alpha value is -0.450. The normalized spacial score (nSPS) is 23.6. The number of pyridine rings is 1. The lowest BCUT2D eigenvalue weighted by atomic mass is 9.93. The number of hydrogen-bond acceptors (Lipinski definition) is 3. The largest absolute Gasteiger partial charge is 0.314 e. The summed E-state index contributed by atoms with van der Waals surface area (Å²) in [6.07, 6.45) is 7.46. The topological polar surface area (TPSA) is 28.2 Å². The number of rotatable bonds is 3. The van der Waals surface area contributed by atoms with Crippen LogP contribution in [-0.2, 0) is 0 Å². The minimum absolute atomic E-state index is 0.526. The second-order valence-corrected chi connectivity index (χ2v) is 6.59.